The van der Waals surface area contributed by atoms with Crippen molar-refractivity contribution in [1.29, 1.82) is 0 Å². The molecule has 1 atom stereocenters. The molecule has 2 amide bonds. The summed E-state index contributed by atoms with van der Waals surface area (Å²) < 4.78 is 15.2. The Morgan fingerprint density at radius 3 is 1.93 bits per heavy atom. The Balaban J connectivity index is 1.18. The second kappa shape index (κ2) is 13.0. The van der Waals surface area contributed by atoms with Gasteiger partial charge in [0.05, 0.1) is 16.3 Å². The molecule has 0 bridgehead atoms. The van der Waals surface area contributed by atoms with E-state index >= 15 is 0 Å². The van der Waals surface area contributed by atoms with Crippen LogP contribution in [0.25, 0.3) is 27.9 Å². The number of benzene rings is 5. The lowest BCUT2D eigenvalue weighted by Crippen LogP contribution is -2.30. The monoisotopic (exact) mass is 613 g/mol. The van der Waals surface area contributed by atoms with Gasteiger partial charge in [0.25, 0.3) is 11.8 Å². The number of fused-ring (bicyclic) bond motifs is 3. The topological polar surface area (TPSA) is 80.2 Å². The van der Waals surface area contributed by atoms with Crippen molar-refractivity contribution in [2.45, 2.75) is 17.1 Å². The van der Waals surface area contributed by atoms with E-state index in [1.165, 1.54) is 42.1 Å². The molecule has 0 saturated heterocycles. The molecule has 6 rings (SSSR count). The van der Waals surface area contributed by atoms with Gasteiger partial charge in [-0.15, -0.1) is 11.8 Å². The first-order valence-electron chi connectivity index (χ1n) is 14.3. The van der Waals surface area contributed by atoms with Gasteiger partial charge in [-0.25, -0.2) is 4.39 Å². The van der Waals surface area contributed by atoms with Crippen molar-refractivity contribution in [1.82, 2.24) is 9.88 Å². The van der Waals surface area contributed by atoms with Gasteiger partial charge in [0.15, 0.2) is 0 Å². The van der Waals surface area contributed by atoms with Crippen LogP contribution >= 0.6 is 11.8 Å². The smallest absolute Gasteiger partial charge is 0.272 e. The van der Waals surface area contributed by atoms with Gasteiger partial charge in [-0.05, 0) is 79.2 Å². The maximum Gasteiger partial charge on any atom is 0.272 e. The average molecular weight is 614 g/mol. The zero-order valence-corrected chi connectivity index (χ0v) is 25.1. The number of para-hydroxylation sites is 2. The third-order valence-corrected chi connectivity index (χ3v) is 8.38. The molecular formula is C37H28FN3O3S. The first kappa shape index (κ1) is 29.6. The molecule has 1 unspecified atom stereocenters. The minimum absolute atomic E-state index is 0.000641. The molecule has 6 nitrogen and oxygen atoms in total. The van der Waals surface area contributed by atoms with E-state index in [0.29, 0.717) is 16.8 Å². The summed E-state index contributed by atoms with van der Waals surface area (Å²) in [5.41, 5.74) is 3.19. The van der Waals surface area contributed by atoms with Crippen molar-refractivity contribution in [2.75, 3.05) is 5.32 Å². The van der Waals surface area contributed by atoms with Crippen molar-refractivity contribution < 1.29 is 18.8 Å². The molecule has 0 aliphatic heterocycles. The SMILES string of the molecule is CC(Sc1ccc(NC(=O)/C(=C/c2ccc(F)cc2)NC(=O)c2ccccc2)cc1)C(=O)n1c2ccccc2c2ccccc21. The maximum absolute atomic E-state index is 13.7. The number of carbonyl (C=O) groups is 3. The van der Waals surface area contributed by atoms with Crippen molar-refractivity contribution >= 4 is 63.1 Å². The number of halogens is 1. The van der Waals surface area contributed by atoms with Crippen molar-refractivity contribution in [3.8, 4) is 0 Å². The summed E-state index contributed by atoms with van der Waals surface area (Å²) in [6.45, 7) is 1.88. The molecule has 0 spiro atoms. The van der Waals surface area contributed by atoms with Gasteiger partial charge in [0.2, 0.25) is 5.91 Å². The number of amides is 2. The summed E-state index contributed by atoms with van der Waals surface area (Å²) in [6.07, 6.45) is 1.49. The highest BCUT2D eigenvalue weighted by Gasteiger charge is 2.22. The Kier molecular flexibility index (Phi) is 8.57. The fourth-order valence-corrected chi connectivity index (χ4v) is 5.99. The van der Waals surface area contributed by atoms with Crippen LogP contribution in [0.4, 0.5) is 10.1 Å². The third-order valence-electron chi connectivity index (χ3n) is 7.28. The van der Waals surface area contributed by atoms with Gasteiger partial charge in [0.1, 0.15) is 11.5 Å². The number of carbonyl (C=O) groups excluding carboxylic acids is 3. The summed E-state index contributed by atoms with van der Waals surface area (Å²) in [5, 5.41) is 7.18. The third kappa shape index (κ3) is 6.56. The highest BCUT2D eigenvalue weighted by atomic mass is 32.2. The zero-order valence-electron chi connectivity index (χ0n) is 24.2. The van der Waals surface area contributed by atoms with E-state index in [2.05, 4.69) is 10.6 Å². The summed E-state index contributed by atoms with van der Waals surface area (Å²) in [4.78, 5) is 40.8. The Bertz CT molecular complexity index is 2000. The standard InChI is InChI=1S/C37H28FN3O3S/c1-24(37(44)41-33-13-7-5-11-30(33)31-12-6-8-14-34(31)41)45-29-21-19-28(20-22-29)39-36(43)32(23-25-15-17-27(38)18-16-25)40-35(42)26-9-3-2-4-10-26/h2-24H,1H3,(H,39,43)(H,40,42)/b32-23-. The predicted molar refractivity (Wildman–Crippen MR) is 179 cm³/mol. The molecule has 6 aromatic rings. The van der Waals surface area contributed by atoms with E-state index in [1.54, 1.807) is 47.0 Å². The quantitative estimate of drug-likeness (QED) is 0.134. The highest BCUT2D eigenvalue weighted by molar-refractivity contribution is 8.00. The highest BCUT2D eigenvalue weighted by Crippen LogP contribution is 2.32. The molecule has 1 aromatic heterocycles. The van der Waals surface area contributed by atoms with E-state index in [-0.39, 0.29) is 16.9 Å². The Labute approximate surface area is 263 Å². The molecule has 2 N–H and O–H groups in total. The summed E-state index contributed by atoms with van der Waals surface area (Å²) in [5.74, 6) is -1.43. The van der Waals surface area contributed by atoms with Gasteiger partial charge in [-0.1, -0.05) is 66.7 Å². The number of anilines is 1. The van der Waals surface area contributed by atoms with Crippen LogP contribution in [0, 0.1) is 5.82 Å². The largest absolute Gasteiger partial charge is 0.321 e. The molecule has 1 heterocycles. The Morgan fingerprint density at radius 1 is 0.733 bits per heavy atom. The van der Waals surface area contributed by atoms with E-state index in [9.17, 15) is 18.8 Å². The van der Waals surface area contributed by atoms with E-state index < -0.39 is 17.6 Å². The van der Waals surface area contributed by atoms with Gasteiger partial charge < -0.3 is 10.6 Å². The number of hydrogen-bond donors (Lipinski definition) is 2. The Hall–Kier alpha value is -5.47. The molecular weight excluding hydrogens is 585 g/mol. The molecule has 222 valence electrons. The van der Waals surface area contributed by atoms with Gasteiger partial charge in [-0.3, -0.25) is 19.0 Å². The van der Waals surface area contributed by atoms with Gasteiger partial charge in [-0.2, -0.15) is 0 Å². The van der Waals surface area contributed by atoms with Crippen LogP contribution in [0.2, 0.25) is 0 Å². The Morgan fingerprint density at radius 2 is 1.31 bits per heavy atom. The van der Waals surface area contributed by atoms with Crippen LogP contribution < -0.4 is 10.6 Å². The second-order valence-electron chi connectivity index (χ2n) is 10.4. The maximum atomic E-state index is 13.7. The van der Waals surface area contributed by atoms with Crippen LogP contribution in [0.15, 0.2) is 138 Å². The molecule has 0 saturated carbocycles. The minimum atomic E-state index is -0.543. The van der Waals surface area contributed by atoms with Crippen LogP contribution in [0.5, 0.6) is 0 Å². The van der Waals surface area contributed by atoms with Crippen LogP contribution in [-0.2, 0) is 4.79 Å². The molecule has 0 aliphatic carbocycles. The molecule has 45 heavy (non-hydrogen) atoms. The summed E-state index contributed by atoms with van der Waals surface area (Å²) >= 11 is 1.43. The number of rotatable bonds is 8. The molecule has 0 aliphatic rings. The second-order valence-corrected chi connectivity index (χ2v) is 11.8. The minimum Gasteiger partial charge on any atom is -0.321 e. The van der Waals surface area contributed by atoms with Crippen molar-refractivity contribution in [3.63, 3.8) is 0 Å². The van der Waals surface area contributed by atoms with E-state index in [0.717, 1.165) is 26.7 Å². The van der Waals surface area contributed by atoms with Crippen LogP contribution in [0.3, 0.4) is 0 Å². The molecule has 5 aromatic carbocycles. The number of thioether (sulfide) groups is 1. The fraction of sp³-hybridized carbons (Fsp3) is 0.0541. The molecule has 0 radical (unpaired) electrons. The first-order valence-corrected chi connectivity index (χ1v) is 15.2. The number of nitrogens with zero attached hydrogens (tertiary/aromatic N) is 1. The van der Waals surface area contributed by atoms with E-state index in [4.69, 9.17) is 0 Å². The summed E-state index contributed by atoms with van der Waals surface area (Å²) in [6, 6.07) is 37.1. The zero-order chi connectivity index (χ0) is 31.3. The first-order chi connectivity index (χ1) is 21.9. The fourth-order valence-electron chi connectivity index (χ4n) is 5.08. The lowest BCUT2D eigenvalue weighted by Gasteiger charge is -2.14. The lowest BCUT2D eigenvalue weighted by atomic mass is 10.1. The molecule has 8 heteroatoms. The number of hydrogen-bond acceptors (Lipinski definition) is 4. The van der Waals surface area contributed by atoms with Gasteiger partial charge in [0, 0.05) is 26.9 Å². The predicted octanol–water partition coefficient (Wildman–Crippen LogP) is 8.16. The van der Waals surface area contributed by atoms with Crippen molar-refractivity contribution in [3.05, 3.63) is 150 Å². The number of aromatic nitrogens is 1. The number of nitrogens with one attached hydrogen (secondary N) is 2. The van der Waals surface area contributed by atoms with Crippen LogP contribution in [-0.4, -0.2) is 27.5 Å². The van der Waals surface area contributed by atoms with Crippen molar-refractivity contribution in [2.24, 2.45) is 0 Å². The van der Waals surface area contributed by atoms with Gasteiger partial charge >= 0.3 is 0 Å². The normalized spacial score (nSPS) is 12.2. The molecule has 0 fully saturated rings. The lowest BCUT2D eigenvalue weighted by molar-refractivity contribution is -0.113. The average Bonchev–Trinajstić information content (AvgIpc) is 3.40. The summed E-state index contributed by atoms with van der Waals surface area (Å²) in [7, 11) is 0. The van der Waals surface area contributed by atoms with E-state index in [1.807, 2.05) is 67.6 Å². The van der Waals surface area contributed by atoms with Crippen LogP contribution in [0.1, 0.15) is 27.6 Å².